The molecule has 74 valence electrons. The van der Waals surface area contributed by atoms with E-state index in [1.165, 1.54) is 26.4 Å². The molecule has 0 spiro atoms. The van der Waals surface area contributed by atoms with Gasteiger partial charge in [0.05, 0.1) is 5.69 Å². The molecule has 0 aromatic carbocycles. The van der Waals surface area contributed by atoms with Gasteiger partial charge in [0, 0.05) is 21.0 Å². The number of halogens is 2. The summed E-state index contributed by atoms with van der Waals surface area (Å²) in [5.74, 6) is 0. The smallest absolute Gasteiger partial charge is 0.147 e. The molecule has 0 radical (unpaired) electrons. The third kappa shape index (κ3) is 2.90. The van der Waals surface area contributed by atoms with E-state index >= 15 is 0 Å². The van der Waals surface area contributed by atoms with Gasteiger partial charge >= 0.3 is 0 Å². The van der Waals surface area contributed by atoms with Crippen molar-refractivity contribution in [3.05, 3.63) is 23.8 Å². The first kappa shape index (κ1) is 8.84. The van der Waals surface area contributed by atoms with Gasteiger partial charge in [-0.1, -0.05) is 0 Å². The van der Waals surface area contributed by atoms with Crippen LogP contribution in [0.5, 0.6) is 0 Å². The summed E-state index contributed by atoms with van der Waals surface area (Å²) in [4.78, 5) is 7.34. The Kier molecular flexibility index (Phi) is 3.05. The van der Waals surface area contributed by atoms with Gasteiger partial charge in [-0.25, -0.2) is 14.4 Å². The van der Waals surface area contributed by atoms with Gasteiger partial charge in [-0.2, -0.15) is 0 Å². The summed E-state index contributed by atoms with van der Waals surface area (Å²) in [5, 5.41) is 0. The van der Waals surface area contributed by atoms with Crippen LogP contribution in [0.15, 0.2) is 12.5 Å². The van der Waals surface area contributed by atoms with Crippen LogP contribution < -0.4 is 5.73 Å². The standard InChI is InChI=1S/C8H12FN3.ClH/c1-8(2,9)7-6(3-10)4-11-5-12-7;/h4-5H,3,10H2,1-2H3;1H/i3D2;. The fourth-order valence-electron chi connectivity index (χ4n) is 0.909. The van der Waals surface area contributed by atoms with Crippen LogP contribution in [0.3, 0.4) is 0 Å². The van der Waals surface area contributed by atoms with E-state index in [-0.39, 0.29) is 23.7 Å². The number of nitrogens with two attached hydrogens (primary N) is 1. The first-order chi connectivity index (χ1) is 6.23. The minimum absolute atomic E-state index is 0. The lowest BCUT2D eigenvalue weighted by molar-refractivity contribution is 0.212. The molecule has 0 saturated carbocycles. The molecule has 3 nitrogen and oxygen atoms in total. The summed E-state index contributed by atoms with van der Waals surface area (Å²) in [6.07, 6.45) is 2.37. The Morgan fingerprint density at radius 2 is 2.31 bits per heavy atom. The minimum Gasteiger partial charge on any atom is -0.326 e. The van der Waals surface area contributed by atoms with Crippen molar-refractivity contribution in [1.82, 2.24) is 9.97 Å². The Bertz CT molecular complexity index is 302. The lowest BCUT2D eigenvalue weighted by Crippen LogP contribution is -2.17. The zero-order valence-electron chi connectivity index (χ0n) is 9.41. The maximum Gasteiger partial charge on any atom is 0.147 e. The van der Waals surface area contributed by atoms with Gasteiger partial charge in [0.1, 0.15) is 12.0 Å². The molecule has 1 rings (SSSR count). The zero-order chi connectivity index (χ0) is 11.0. The van der Waals surface area contributed by atoms with Gasteiger partial charge in [-0.15, -0.1) is 12.4 Å². The van der Waals surface area contributed by atoms with Crippen LogP contribution in [-0.2, 0) is 12.2 Å². The number of rotatable bonds is 2. The molecule has 0 unspecified atom stereocenters. The molecule has 1 heterocycles. The molecule has 0 aliphatic carbocycles. The van der Waals surface area contributed by atoms with Crippen molar-refractivity contribution >= 4 is 12.4 Å². The van der Waals surface area contributed by atoms with Gasteiger partial charge in [0.25, 0.3) is 0 Å². The summed E-state index contributed by atoms with van der Waals surface area (Å²) in [6.45, 7) is 0.467. The average molecular weight is 208 g/mol. The number of hydrogen-bond donors (Lipinski definition) is 1. The molecule has 1 aromatic rings. The van der Waals surface area contributed by atoms with Crippen LogP contribution in [0.4, 0.5) is 4.39 Å². The SMILES string of the molecule is Cl.[2H]C([2H])(N)c1cncnc1C(C)(C)F. The number of alkyl halides is 1. The molecule has 0 aliphatic rings. The maximum absolute atomic E-state index is 13.6. The molecule has 0 bridgehead atoms. The summed E-state index contributed by atoms with van der Waals surface area (Å²) in [6, 6.07) is 0. The second-order valence-electron chi connectivity index (χ2n) is 2.90. The Morgan fingerprint density at radius 1 is 1.69 bits per heavy atom. The Morgan fingerprint density at radius 3 is 2.69 bits per heavy atom. The van der Waals surface area contributed by atoms with Crippen molar-refractivity contribution < 1.29 is 7.13 Å². The highest BCUT2D eigenvalue weighted by atomic mass is 35.5. The normalized spacial score (nSPS) is 14.2. The number of aromatic nitrogens is 2. The van der Waals surface area contributed by atoms with E-state index in [9.17, 15) is 4.39 Å². The van der Waals surface area contributed by atoms with E-state index in [1.807, 2.05) is 0 Å². The monoisotopic (exact) mass is 207 g/mol. The maximum atomic E-state index is 13.6. The Hall–Kier alpha value is -0.740. The summed E-state index contributed by atoms with van der Waals surface area (Å²) in [7, 11) is 0. The van der Waals surface area contributed by atoms with Crippen molar-refractivity contribution in [2.75, 3.05) is 0 Å². The molecule has 1 aromatic heterocycles. The minimum atomic E-state index is -2.13. The van der Waals surface area contributed by atoms with Gasteiger partial charge in [0.15, 0.2) is 0 Å². The van der Waals surface area contributed by atoms with E-state index in [2.05, 4.69) is 9.97 Å². The first-order valence-corrected chi connectivity index (χ1v) is 3.51. The molecule has 0 aliphatic heterocycles. The summed E-state index contributed by atoms with van der Waals surface area (Å²) >= 11 is 0. The molecular weight excluding hydrogens is 193 g/mol. The van der Waals surface area contributed by atoms with Crippen LogP contribution in [0.2, 0.25) is 0 Å². The van der Waals surface area contributed by atoms with E-state index in [0.29, 0.717) is 0 Å². The third-order valence-corrected chi connectivity index (χ3v) is 1.43. The molecule has 0 fully saturated rings. The second-order valence-corrected chi connectivity index (χ2v) is 2.90. The fraction of sp³-hybridized carbons (Fsp3) is 0.500. The molecule has 0 saturated heterocycles. The second kappa shape index (κ2) is 4.48. The molecule has 0 atom stereocenters. The van der Waals surface area contributed by atoms with Crippen molar-refractivity contribution in [1.29, 1.82) is 0 Å². The summed E-state index contributed by atoms with van der Waals surface area (Å²) < 4.78 is 28.2. The lowest BCUT2D eigenvalue weighted by Gasteiger charge is -2.15. The van der Waals surface area contributed by atoms with Crippen molar-refractivity contribution in [2.45, 2.75) is 26.0 Å². The third-order valence-electron chi connectivity index (χ3n) is 1.43. The van der Waals surface area contributed by atoms with E-state index < -0.39 is 12.2 Å². The van der Waals surface area contributed by atoms with Gasteiger partial charge < -0.3 is 5.73 Å². The first-order valence-electron chi connectivity index (χ1n) is 4.51. The van der Waals surface area contributed by atoms with Crippen LogP contribution in [0.1, 0.15) is 27.8 Å². The lowest BCUT2D eigenvalue weighted by atomic mass is 10.0. The van der Waals surface area contributed by atoms with E-state index in [1.54, 1.807) is 0 Å². The topological polar surface area (TPSA) is 51.8 Å². The molecular formula is C8H13ClFN3. The van der Waals surface area contributed by atoms with Crippen molar-refractivity contribution in [3.8, 4) is 0 Å². The Balaban J connectivity index is 0.00000196. The van der Waals surface area contributed by atoms with Crippen LogP contribution in [0, 0.1) is 0 Å². The molecule has 5 heteroatoms. The number of hydrogen-bond acceptors (Lipinski definition) is 3. The van der Waals surface area contributed by atoms with Crippen molar-refractivity contribution in [2.24, 2.45) is 5.73 Å². The van der Waals surface area contributed by atoms with E-state index in [4.69, 9.17) is 8.48 Å². The van der Waals surface area contributed by atoms with Gasteiger partial charge in [-0.3, -0.25) is 0 Å². The highest BCUT2D eigenvalue weighted by Gasteiger charge is 2.23. The highest BCUT2D eigenvalue weighted by Crippen LogP contribution is 2.24. The predicted octanol–water partition coefficient (Wildman–Crippen LogP) is 1.56. The quantitative estimate of drug-likeness (QED) is 0.801. The van der Waals surface area contributed by atoms with Crippen LogP contribution in [0.25, 0.3) is 0 Å². The molecule has 13 heavy (non-hydrogen) atoms. The number of nitrogens with zero attached hydrogens (tertiary/aromatic N) is 2. The average Bonchev–Trinajstić information content (AvgIpc) is 2.01. The largest absolute Gasteiger partial charge is 0.326 e. The highest BCUT2D eigenvalue weighted by molar-refractivity contribution is 5.85. The van der Waals surface area contributed by atoms with Crippen LogP contribution >= 0.6 is 12.4 Å². The van der Waals surface area contributed by atoms with Crippen molar-refractivity contribution in [3.63, 3.8) is 0 Å². The van der Waals surface area contributed by atoms with Crippen LogP contribution in [-0.4, -0.2) is 9.97 Å². The molecule has 0 amide bonds. The molecule has 2 N–H and O–H groups in total. The Labute approximate surface area is 85.8 Å². The van der Waals surface area contributed by atoms with E-state index in [0.717, 1.165) is 0 Å². The van der Waals surface area contributed by atoms with Gasteiger partial charge in [-0.05, 0) is 13.8 Å². The zero-order valence-corrected chi connectivity index (χ0v) is 8.23. The van der Waals surface area contributed by atoms with Gasteiger partial charge in [0.2, 0.25) is 0 Å². The summed E-state index contributed by atoms with van der Waals surface area (Å²) in [5.41, 5.74) is 3.48. The fourth-order valence-corrected chi connectivity index (χ4v) is 0.909. The predicted molar refractivity (Wildman–Crippen MR) is 51.3 cm³/mol.